The third kappa shape index (κ3) is 2.77. The number of likely N-dealkylation sites (tertiary alicyclic amines) is 2. The summed E-state index contributed by atoms with van der Waals surface area (Å²) in [5.74, 6) is 0. The van der Waals surface area contributed by atoms with E-state index in [4.69, 9.17) is 0 Å². The summed E-state index contributed by atoms with van der Waals surface area (Å²) in [7, 11) is 2.27. The van der Waals surface area contributed by atoms with Gasteiger partial charge in [-0.2, -0.15) is 0 Å². The Balaban J connectivity index is 0.000000750. The number of fused-ring (bicyclic) bond motifs is 2. The van der Waals surface area contributed by atoms with Gasteiger partial charge in [0, 0.05) is 37.8 Å². The Morgan fingerprint density at radius 3 is 2.19 bits per heavy atom. The summed E-state index contributed by atoms with van der Waals surface area (Å²) in [6.07, 6.45) is 2.79. The summed E-state index contributed by atoms with van der Waals surface area (Å²) in [6, 6.07) is 2.59. The van der Waals surface area contributed by atoms with Crippen molar-refractivity contribution in [3.05, 3.63) is 0 Å². The highest BCUT2D eigenvalue weighted by molar-refractivity contribution is 5.86. The molecule has 0 spiro atoms. The van der Waals surface area contributed by atoms with Gasteiger partial charge in [0.05, 0.1) is 0 Å². The van der Waals surface area contributed by atoms with Gasteiger partial charge in [-0.3, -0.25) is 4.90 Å². The molecule has 3 aliphatic rings. The molecule has 2 bridgehead atoms. The van der Waals surface area contributed by atoms with Crippen LogP contribution in [0.2, 0.25) is 0 Å². The van der Waals surface area contributed by atoms with E-state index in [0.29, 0.717) is 0 Å². The van der Waals surface area contributed by atoms with Gasteiger partial charge in [-0.05, 0) is 26.4 Å². The summed E-state index contributed by atoms with van der Waals surface area (Å²) in [4.78, 5) is 5.29. The standard InChI is InChI=1S/C10H19N3.3ClH/c1-12-6-10-4-9(12)7-13(10)8-2-3-11-5-8;;;/h8-11H,2-7H2,1H3;3*1H/t8-,9-,10-;;;/m0.../s1. The molecule has 3 fully saturated rings. The molecule has 0 aromatic heterocycles. The number of piperazine rings is 1. The van der Waals surface area contributed by atoms with E-state index in [1.54, 1.807) is 0 Å². The summed E-state index contributed by atoms with van der Waals surface area (Å²) in [5, 5.41) is 3.46. The predicted molar refractivity (Wildman–Crippen MR) is 74.5 cm³/mol. The van der Waals surface area contributed by atoms with Crippen molar-refractivity contribution < 1.29 is 0 Å². The third-order valence-corrected chi connectivity index (χ3v) is 4.06. The van der Waals surface area contributed by atoms with E-state index in [9.17, 15) is 0 Å². The smallest absolute Gasteiger partial charge is 0.0242 e. The Bertz CT molecular complexity index is 209. The number of nitrogens with one attached hydrogen (secondary N) is 1. The van der Waals surface area contributed by atoms with E-state index in [2.05, 4.69) is 22.2 Å². The summed E-state index contributed by atoms with van der Waals surface area (Å²) in [6.45, 7) is 5.09. The second kappa shape index (κ2) is 6.62. The lowest BCUT2D eigenvalue weighted by atomic mass is 10.2. The lowest BCUT2D eigenvalue weighted by Gasteiger charge is -2.35. The first kappa shape index (κ1) is 16.8. The Kier molecular flexibility index (Phi) is 6.93. The maximum atomic E-state index is 3.46. The van der Waals surface area contributed by atoms with Crippen molar-refractivity contribution in [2.75, 3.05) is 33.2 Å². The number of hydrogen-bond donors (Lipinski definition) is 1. The highest BCUT2D eigenvalue weighted by Crippen LogP contribution is 2.31. The molecule has 1 N–H and O–H groups in total. The Morgan fingerprint density at radius 2 is 1.75 bits per heavy atom. The molecule has 3 atom stereocenters. The third-order valence-electron chi connectivity index (χ3n) is 4.06. The first-order chi connectivity index (χ1) is 6.34. The van der Waals surface area contributed by atoms with Gasteiger partial charge in [-0.1, -0.05) is 0 Å². The summed E-state index contributed by atoms with van der Waals surface area (Å²) >= 11 is 0. The minimum Gasteiger partial charge on any atom is -0.315 e. The maximum Gasteiger partial charge on any atom is 0.0242 e. The Hall–Kier alpha value is 0.750. The Labute approximate surface area is 117 Å². The van der Waals surface area contributed by atoms with E-state index < -0.39 is 0 Å². The van der Waals surface area contributed by atoms with Crippen LogP contribution >= 0.6 is 37.2 Å². The largest absolute Gasteiger partial charge is 0.315 e. The first-order valence-corrected chi connectivity index (χ1v) is 5.51. The molecule has 3 saturated heterocycles. The van der Waals surface area contributed by atoms with Crippen molar-refractivity contribution in [3.8, 4) is 0 Å². The van der Waals surface area contributed by atoms with Crippen LogP contribution < -0.4 is 5.32 Å². The molecule has 98 valence electrons. The van der Waals surface area contributed by atoms with Crippen molar-refractivity contribution in [2.24, 2.45) is 0 Å². The summed E-state index contributed by atoms with van der Waals surface area (Å²) < 4.78 is 0. The van der Waals surface area contributed by atoms with E-state index in [-0.39, 0.29) is 37.2 Å². The molecule has 0 aromatic carbocycles. The monoisotopic (exact) mass is 289 g/mol. The molecule has 0 amide bonds. The van der Waals surface area contributed by atoms with Crippen LogP contribution in [0.1, 0.15) is 12.8 Å². The number of hydrogen-bond acceptors (Lipinski definition) is 3. The lowest BCUT2D eigenvalue weighted by molar-refractivity contribution is 0.114. The predicted octanol–water partition coefficient (Wildman–Crippen LogP) is 1.00. The zero-order valence-corrected chi connectivity index (χ0v) is 12.0. The number of likely N-dealkylation sites (N-methyl/N-ethyl adjacent to an activating group) is 1. The van der Waals surface area contributed by atoms with Gasteiger partial charge in [-0.15, -0.1) is 37.2 Å². The number of rotatable bonds is 1. The average Bonchev–Trinajstić information content (AvgIpc) is 2.75. The molecule has 0 aromatic rings. The topological polar surface area (TPSA) is 18.5 Å². The summed E-state index contributed by atoms with van der Waals surface area (Å²) in [5.41, 5.74) is 0. The molecule has 3 rings (SSSR count). The highest BCUT2D eigenvalue weighted by Gasteiger charge is 2.44. The minimum absolute atomic E-state index is 0. The lowest BCUT2D eigenvalue weighted by Crippen LogP contribution is -2.49. The van der Waals surface area contributed by atoms with Crippen molar-refractivity contribution >= 4 is 37.2 Å². The van der Waals surface area contributed by atoms with Gasteiger partial charge in [0.2, 0.25) is 0 Å². The van der Waals surface area contributed by atoms with Gasteiger partial charge in [0.15, 0.2) is 0 Å². The molecule has 16 heavy (non-hydrogen) atoms. The van der Waals surface area contributed by atoms with Gasteiger partial charge < -0.3 is 10.2 Å². The van der Waals surface area contributed by atoms with Crippen LogP contribution in [0, 0.1) is 0 Å². The quantitative estimate of drug-likeness (QED) is 0.777. The zero-order chi connectivity index (χ0) is 8.84. The molecule has 0 saturated carbocycles. The Morgan fingerprint density at radius 1 is 1.00 bits per heavy atom. The molecule has 3 aliphatic heterocycles. The molecular weight excluding hydrogens is 268 g/mol. The van der Waals surface area contributed by atoms with E-state index in [1.807, 2.05) is 0 Å². The van der Waals surface area contributed by atoms with Crippen LogP contribution in [0.15, 0.2) is 0 Å². The fraction of sp³-hybridized carbons (Fsp3) is 1.00. The van der Waals surface area contributed by atoms with Gasteiger partial charge >= 0.3 is 0 Å². The molecule has 3 nitrogen and oxygen atoms in total. The van der Waals surface area contributed by atoms with E-state index in [0.717, 1.165) is 18.1 Å². The maximum absolute atomic E-state index is 3.46. The molecule has 3 heterocycles. The van der Waals surface area contributed by atoms with Crippen LogP contribution in [0.5, 0.6) is 0 Å². The second-order valence-corrected chi connectivity index (χ2v) is 4.83. The van der Waals surface area contributed by atoms with Crippen molar-refractivity contribution in [2.45, 2.75) is 31.0 Å². The fourth-order valence-electron chi connectivity index (χ4n) is 3.27. The SMILES string of the molecule is CN1C[C@@H]2C[C@H]1CN2[C@H]1CCNC1.Cl.Cl.Cl. The normalized spacial score (nSPS) is 37.7. The first-order valence-electron chi connectivity index (χ1n) is 5.51. The van der Waals surface area contributed by atoms with E-state index in [1.165, 1.54) is 39.0 Å². The average molecular weight is 291 g/mol. The molecular formula is C10H22Cl3N3. The van der Waals surface area contributed by atoms with Crippen molar-refractivity contribution in [1.29, 1.82) is 0 Å². The van der Waals surface area contributed by atoms with Gasteiger partial charge in [-0.25, -0.2) is 0 Å². The van der Waals surface area contributed by atoms with Crippen molar-refractivity contribution in [1.82, 2.24) is 15.1 Å². The molecule has 0 radical (unpaired) electrons. The zero-order valence-electron chi connectivity index (χ0n) is 9.59. The van der Waals surface area contributed by atoms with Gasteiger partial charge in [0.25, 0.3) is 0 Å². The van der Waals surface area contributed by atoms with Crippen LogP contribution in [-0.4, -0.2) is 61.2 Å². The van der Waals surface area contributed by atoms with Crippen LogP contribution in [0.25, 0.3) is 0 Å². The van der Waals surface area contributed by atoms with E-state index >= 15 is 0 Å². The number of nitrogens with zero attached hydrogens (tertiary/aromatic N) is 2. The minimum atomic E-state index is 0. The van der Waals surface area contributed by atoms with Crippen molar-refractivity contribution in [3.63, 3.8) is 0 Å². The second-order valence-electron chi connectivity index (χ2n) is 4.83. The fourth-order valence-corrected chi connectivity index (χ4v) is 3.27. The van der Waals surface area contributed by atoms with Crippen LogP contribution in [0.4, 0.5) is 0 Å². The molecule has 0 aliphatic carbocycles. The molecule has 0 unspecified atom stereocenters. The van der Waals surface area contributed by atoms with Crippen LogP contribution in [0.3, 0.4) is 0 Å². The number of halogens is 3. The highest BCUT2D eigenvalue weighted by atomic mass is 35.5. The van der Waals surface area contributed by atoms with Gasteiger partial charge in [0.1, 0.15) is 0 Å². The van der Waals surface area contributed by atoms with Crippen LogP contribution in [-0.2, 0) is 0 Å². The molecule has 6 heteroatoms.